The zero-order valence-corrected chi connectivity index (χ0v) is 11.4. The van der Waals surface area contributed by atoms with E-state index in [1.165, 1.54) is 17.7 Å². The van der Waals surface area contributed by atoms with Crippen LogP contribution in [0.1, 0.15) is 23.2 Å². The number of anilines is 1. The Hall–Kier alpha value is -2.63. The molecule has 0 saturated carbocycles. The van der Waals surface area contributed by atoms with Crippen LogP contribution >= 0.6 is 0 Å². The molecule has 0 spiro atoms. The van der Waals surface area contributed by atoms with Crippen molar-refractivity contribution in [2.45, 2.75) is 25.8 Å². The lowest BCUT2D eigenvalue weighted by Gasteiger charge is -2.12. The maximum absolute atomic E-state index is 12.1. The lowest BCUT2D eigenvalue weighted by atomic mass is 10.1. The van der Waals surface area contributed by atoms with Gasteiger partial charge in [0.15, 0.2) is 0 Å². The maximum atomic E-state index is 12.1. The van der Waals surface area contributed by atoms with Crippen LogP contribution in [0.5, 0.6) is 0 Å². The van der Waals surface area contributed by atoms with Crippen LogP contribution in [0.4, 0.5) is 11.4 Å². The van der Waals surface area contributed by atoms with Crippen LogP contribution in [0.2, 0.25) is 0 Å². The summed E-state index contributed by atoms with van der Waals surface area (Å²) in [6.07, 6.45) is 2.90. The van der Waals surface area contributed by atoms with Crippen molar-refractivity contribution >= 4 is 11.4 Å². The molecule has 0 fully saturated rings. The number of hydrogen-bond donors (Lipinski definition) is 1. The predicted octanol–water partition coefficient (Wildman–Crippen LogP) is 1.88. The molecule has 3 rings (SSSR count). The number of aromatic nitrogens is 1. The van der Waals surface area contributed by atoms with Crippen LogP contribution in [0.3, 0.4) is 0 Å². The number of rotatable bonds is 3. The van der Waals surface area contributed by atoms with Gasteiger partial charge in [-0.05, 0) is 36.5 Å². The first-order valence-corrected chi connectivity index (χ1v) is 6.80. The Morgan fingerprint density at radius 2 is 2.05 bits per heavy atom. The summed E-state index contributed by atoms with van der Waals surface area (Å²) in [6, 6.07) is 8.13. The van der Waals surface area contributed by atoms with Crippen molar-refractivity contribution in [2.24, 2.45) is 0 Å². The Bertz CT molecular complexity index is 780. The number of nitrogens with two attached hydrogens (primary N) is 1. The Morgan fingerprint density at radius 1 is 1.24 bits per heavy atom. The summed E-state index contributed by atoms with van der Waals surface area (Å²) in [5.74, 6) is 0. The molecule has 0 bridgehead atoms. The topological polar surface area (TPSA) is 91.2 Å². The van der Waals surface area contributed by atoms with Gasteiger partial charge in [-0.15, -0.1) is 0 Å². The minimum atomic E-state index is -0.503. The van der Waals surface area contributed by atoms with E-state index >= 15 is 0 Å². The number of nitrogens with zero attached hydrogens (tertiary/aromatic N) is 2. The first-order valence-electron chi connectivity index (χ1n) is 6.80. The van der Waals surface area contributed by atoms with Gasteiger partial charge in [-0.2, -0.15) is 0 Å². The highest BCUT2D eigenvalue weighted by atomic mass is 16.6. The van der Waals surface area contributed by atoms with Crippen molar-refractivity contribution in [1.29, 1.82) is 0 Å². The summed E-state index contributed by atoms with van der Waals surface area (Å²) in [6.45, 7) is 0.336. The van der Waals surface area contributed by atoms with Gasteiger partial charge in [-0.25, -0.2) is 0 Å². The van der Waals surface area contributed by atoms with Crippen molar-refractivity contribution in [3.05, 3.63) is 67.6 Å². The third kappa shape index (κ3) is 2.40. The van der Waals surface area contributed by atoms with E-state index in [1.54, 1.807) is 16.7 Å². The monoisotopic (exact) mass is 285 g/mol. The summed E-state index contributed by atoms with van der Waals surface area (Å²) < 4.78 is 1.71. The van der Waals surface area contributed by atoms with Crippen molar-refractivity contribution in [3.63, 3.8) is 0 Å². The highest BCUT2D eigenvalue weighted by molar-refractivity contribution is 5.59. The van der Waals surface area contributed by atoms with E-state index < -0.39 is 4.92 Å². The van der Waals surface area contributed by atoms with Gasteiger partial charge in [-0.3, -0.25) is 14.9 Å². The number of aryl methyl sites for hydroxylation is 1. The van der Waals surface area contributed by atoms with Crippen LogP contribution in [0.15, 0.2) is 35.1 Å². The molecule has 2 aromatic rings. The molecule has 0 atom stereocenters. The Kier molecular flexibility index (Phi) is 3.21. The second kappa shape index (κ2) is 5.05. The molecule has 2 N–H and O–H groups in total. The molecule has 0 aliphatic heterocycles. The maximum Gasteiger partial charge on any atom is 0.292 e. The molecular weight excluding hydrogens is 270 g/mol. The first kappa shape index (κ1) is 13.4. The van der Waals surface area contributed by atoms with Crippen LogP contribution < -0.4 is 11.3 Å². The molecule has 1 heterocycles. The Morgan fingerprint density at radius 3 is 2.81 bits per heavy atom. The Labute approximate surface area is 121 Å². The van der Waals surface area contributed by atoms with Crippen LogP contribution in [-0.4, -0.2) is 9.49 Å². The molecule has 0 amide bonds. The van der Waals surface area contributed by atoms with Crippen LogP contribution in [-0.2, 0) is 19.4 Å². The normalized spacial score (nSPS) is 13.1. The van der Waals surface area contributed by atoms with Gasteiger partial charge in [0.25, 0.3) is 11.2 Å². The van der Waals surface area contributed by atoms with E-state index in [-0.39, 0.29) is 16.9 Å². The molecule has 1 aliphatic carbocycles. The molecule has 1 aromatic carbocycles. The van der Waals surface area contributed by atoms with Crippen molar-refractivity contribution in [1.82, 2.24) is 4.57 Å². The van der Waals surface area contributed by atoms with E-state index in [0.29, 0.717) is 12.1 Å². The Balaban J connectivity index is 2.02. The second-order valence-corrected chi connectivity index (χ2v) is 5.23. The lowest BCUT2D eigenvalue weighted by molar-refractivity contribution is -0.384. The van der Waals surface area contributed by atoms with E-state index in [4.69, 9.17) is 5.73 Å². The summed E-state index contributed by atoms with van der Waals surface area (Å²) in [4.78, 5) is 22.5. The summed E-state index contributed by atoms with van der Waals surface area (Å²) in [7, 11) is 0. The summed E-state index contributed by atoms with van der Waals surface area (Å²) in [5, 5.41) is 10.9. The molecule has 0 saturated heterocycles. The molecule has 6 nitrogen and oxygen atoms in total. The standard InChI is InChI=1S/C15H15N3O3/c16-12-6-4-10(8-14(12)18(20)21)9-17-13-3-1-2-11(13)5-7-15(17)19/h4-8H,1-3,9,16H2. The predicted molar refractivity (Wildman–Crippen MR) is 79.3 cm³/mol. The van der Waals surface area contributed by atoms with Crippen molar-refractivity contribution in [2.75, 3.05) is 5.73 Å². The van der Waals surface area contributed by atoms with Gasteiger partial charge < -0.3 is 10.3 Å². The number of nitro benzene ring substituents is 1. The highest BCUT2D eigenvalue weighted by Gasteiger charge is 2.17. The third-order valence-corrected chi connectivity index (χ3v) is 3.88. The summed E-state index contributed by atoms with van der Waals surface area (Å²) in [5.41, 5.74) is 8.48. The van der Waals surface area contributed by atoms with Gasteiger partial charge >= 0.3 is 0 Å². The minimum absolute atomic E-state index is 0.0740. The molecule has 0 radical (unpaired) electrons. The number of fused-ring (bicyclic) bond motifs is 1. The summed E-state index contributed by atoms with van der Waals surface area (Å²) >= 11 is 0. The highest BCUT2D eigenvalue weighted by Crippen LogP contribution is 2.24. The minimum Gasteiger partial charge on any atom is -0.393 e. The fourth-order valence-corrected chi connectivity index (χ4v) is 2.84. The van der Waals surface area contributed by atoms with E-state index in [1.807, 2.05) is 6.07 Å². The number of nitro groups is 1. The van der Waals surface area contributed by atoms with E-state index in [0.717, 1.165) is 25.0 Å². The largest absolute Gasteiger partial charge is 0.393 e. The molecule has 21 heavy (non-hydrogen) atoms. The van der Waals surface area contributed by atoms with E-state index in [9.17, 15) is 14.9 Å². The average molecular weight is 285 g/mol. The fourth-order valence-electron chi connectivity index (χ4n) is 2.84. The molecule has 1 aromatic heterocycles. The SMILES string of the molecule is Nc1ccc(Cn2c3c(ccc2=O)CCC3)cc1[N+](=O)[O-]. The average Bonchev–Trinajstić information content (AvgIpc) is 2.92. The zero-order chi connectivity index (χ0) is 15.0. The quantitative estimate of drug-likeness (QED) is 0.529. The second-order valence-electron chi connectivity index (χ2n) is 5.23. The van der Waals surface area contributed by atoms with Gasteiger partial charge in [0.2, 0.25) is 0 Å². The molecule has 6 heteroatoms. The number of pyridine rings is 1. The third-order valence-electron chi connectivity index (χ3n) is 3.88. The fraction of sp³-hybridized carbons (Fsp3) is 0.267. The van der Waals surface area contributed by atoms with E-state index in [2.05, 4.69) is 0 Å². The first-order chi connectivity index (χ1) is 10.1. The molecule has 1 aliphatic rings. The van der Waals surface area contributed by atoms with Crippen LogP contribution in [0, 0.1) is 10.1 Å². The van der Waals surface area contributed by atoms with Gasteiger partial charge in [0.05, 0.1) is 11.5 Å². The van der Waals surface area contributed by atoms with Crippen LogP contribution in [0.25, 0.3) is 0 Å². The number of hydrogen-bond acceptors (Lipinski definition) is 4. The molecule has 108 valence electrons. The van der Waals surface area contributed by atoms with Crippen molar-refractivity contribution in [3.8, 4) is 0 Å². The molecule has 0 unspecified atom stereocenters. The van der Waals surface area contributed by atoms with Gasteiger partial charge in [0, 0.05) is 17.8 Å². The van der Waals surface area contributed by atoms with Crippen molar-refractivity contribution < 1.29 is 4.92 Å². The number of nitrogen functional groups attached to an aromatic ring is 1. The smallest absolute Gasteiger partial charge is 0.292 e. The number of benzene rings is 1. The lowest BCUT2D eigenvalue weighted by Crippen LogP contribution is -2.23. The zero-order valence-electron chi connectivity index (χ0n) is 11.4. The van der Waals surface area contributed by atoms with Gasteiger partial charge in [0.1, 0.15) is 5.69 Å². The van der Waals surface area contributed by atoms with Gasteiger partial charge in [-0.1, -0.05) is 12.1 Å². The molecular formula is C15H15N3O3.